The van der Waals surface area contributed by atoms with Crippen LogP contribution in [0.15, 0.2) is 24.3 Å². The molecule has 2 aliphatic heterocycles. The summed E-state index contributed by atoms with van der Waals surface area (Å²) in [7, 11) is 1.34. The van der Waals surface area contributed by atoms with E-state index in [4.69, 9.17) is 4.74 Å². The molecular weight excluding hydrogens is 351 g/mol. The number of piperidine rings is 2. The Morgan fingerprint density at radius 1 is 1.04 bits per heavy atom. The highest BCUT2D eigenvalue weighted by atomic mass is 19.1. The fourth-order valence-electron chi connectivity index (χ4n) is 3.95. The van der Waals surface area contributed by atoms with Gasteiger partial charge in [-0.25, -0.2) is 9.18 Å². The monoisotopic (exact) mass is 376 g/mol. The quantitative estimate of drug-likeness (QED) is 0.759. The van der Waals surface area contributed by atoms with Crippen LogP contribution < -0.4 is 0 Å². The third-order valence-electron chi connectivity index (χ3n) is 5.41. The van der Waals surface area contributed by atoms with Crippen LogP contribution in [0.5, 0.6) is 0 Å². The lowest BCUT2D eigenvalue weighted by molar-refractivity contribution is -0.156. The predicted molar refractivity (Wildman–Crippen MR) is 96.4 cm³/mol. The molecule has 2 heterocycles. The van der Waals surface area contributed by atoms with Crippen molar-refractivity contribution in [2.45, 2.75) is 38.1 Å². The maximum absolute atomic E-state index is 13.1. The first-order chi connectivity index (χ1) is 13.0. The number of carbonyl (C=O) groups excluding carboxylic acids is 3. The minimum atomic E-state index is -0.528. The molecule has 2 atom stereocenters. The molecule has 2 unspecified atom stereocenters. The average Bonchev–Trinajstić information content (AvgIpc) is 2.72. The Kier molecular flexibility index (Phi) is 6.08. The summed E-state index contributed by atoms with van der Waals surface area (Å²) in [5.74, 6) is -1.37. The van der Waals surface area contributed by atoms with Crippen molar-refractivity contribution < 1.29 is 23.5 Å². The summed E-state index contributed by atoms with van der Waals surface area (Å²) in [5, 5.41) is 0. The maximum atomic E-state index is 13.1. The van der Waals surface area contributed by atoms with Gasteiger partial charge in [0.05, 0.1) is 13.0 Å². The van der Waals surface area contributed by atoms with Crippen molar-refractivity contribution in [1.29, 1.82) is 0 Å². The number of amides is 2. The number of nitrogens with zero attached hydrogens (tertiary/aromatic N) is 2. The molecule has 6 nitrogen and oxygen atoms in total. The zero-order valence-corrected chi connectivity index (χ0v) is 15.5. The maximum Gasteiger partial charge on any atom is 0.328 e. The number of ether oxygens (including phenoxy) is 1. The number of benzene rings is 1. The van der Waals surface area contributed by atoms with E-state index in [2.05, 4.69) is 0 Å². The Morgan fingerprint density at radius 3 is 2.48 bits per heavy atom. The van der Waals surface area contributed by atoms with Crippen LogP contribution >= 0.6 is 0 Å². The molecule has 0 saturated carbocycles. The molecule has 2 fully saturated rings. The van der Waals surface area contributed by atoms with Crippen LogP contribution in [0.1, 0.15) is 42.5 Å². The van der Waals surface area contributed by atoms with Gasteiger partial charge in [0, 0.05) is 25.2 Å². The van der Waals surface area contributed by atoms with Crippen molar-refractivity contribution in [3.63, 3.8) is 0 Å². The van der Waals surface area contributed by atoms with Crippen LogP contribution in [0.4, 0.5) is 4.39 Å². The van der Waals surface area contributed by atoms with E-state index in [0.29, 0.717) is 38.0 Å². The first-order valence-corrected chi connectivity index (χ1v) is 9.44. The van der Waals surface area contributed by atoms with Crippen LogP contribution in [0.2, 0.25) is 0 Å². The van der Waals surface area contributed by atoms with Gasteiger partial charge < -0.3 is 14.5 Å². The second kappa shape index (κ2) is 8.50. The molecule has 1 aromatic rings. The number of carbonyl (C=O) groups is 3. The van der Waals surface area contributed by atoms with Crippen molar-refractivity contribution >= 4 is 17.8 Å². The van der Waals surface area contributed by atoms with Gasteiger partial charge in [-0.2, -0.15) is 0 Å². The first kappa shape index (κ1) is 19.3. The van der Waals surface area contributed by atoms with Gasteiger partial charge in [0.25, 0.3) is 5.91 Å². The topological polar surface area (TPSA) is 66.9 Å². The van der Waals surface area contributed by atoms with Gasteiger partial charge >= 0.3 is 5.97 Å². The number of esters is 1. The Balaban J connectivity index is 1.69. The summed E-state index contributed by atoms with van der Waals surface area (Å²) in [6, 6.07) is 4.91. The molecule has 0 radical (unpaired) electrons. The molecule has 0 aliphatic carbocycles. The van der Waals surface area contributed by atoms with Gasteiger partial charge in [-0.05, 0) is 56.4 Å². The number of methoxy groups -OCH3 is 1. The number of halogens is 1. The van der Waals surface area contributed by atoms with Crippen LogP contribution in [0.25, 0.3) is 0 Å². The minimum Gasteiger partial charge on any atom is -0.467 e. The van der Waals surface area contributed by atoms with Crippen LogP contribution in [0.3, 0.4) is 0 Å². The van der Waals surface area contributed by atoms with Gasteiger partial charge in [0.2, 0.25) is 5.91 Å². The molecule has 0 bridgehead atoms. The van der Waals surface area contributed by atoms with Crippen molar-refractivity contribution in [2.24, 2.45) is 5.92 Å². The lowest BCUT2D eigenvalue weighted by Crippen LogP contribution is -2.53. The van der Waals surface area contributed by atoms with Crippen molar-refractivity contribution in [3.05, 3.63) is 35.6 Å². The summed E-state index contributed by atoms with van der Waals surface area (Å²) < 4.78 is 17.9. The van der Waals surface area contributed by atoms with E-state index >= 15 is 0 Å². The van der Waals surface area contributed by atoms with Gasteiger partial charge in [0.1, 0.15) is 11.9 Å². The normalized spacial score (nSPS) is 23.0. The molecule has 2 aliphatic rings. The molecule has 0 N–H and O–H groups in total. The third kappa shape index (κ3) is 4.28. The number of hydrogen-bond donors (Lipinski definition) is 0. The van der Waals surface area contributed by atoms with Crippen LogP contribution in [0, 0.1) is 11.7 Å². The number of likely N-dealkylation sites (tertiary alicyclic amines) is 2. The molecule has 146 valence electrons. The van der Waals surface area contributed by atoms with E-state index < -0.39 is 11.9 Å². The van der Waals surface area contributed by atoms with Crippen molar-refractivity contribution in [1.82, 2.24) is 9.80 Å². The molecule has 2 amide bonds. The highest BCUT2D eigenvalue weighted by Gasteiger charge is 2.38. The van der Waals surface area contributed by atoms with E-state index in [1.807, 2.05) is 0 Å². The highest BCUT2D eigenvalue weighted by Crippen LogP contribution is 2.25. The van der Waals surface area contributed by atoms with E-state index in [1.54, 1.807) is 9.80 Å². The number of hydrogen-bond acceptors (Lipinski definition) is 4. The molecule has 0 aromatic heterocycles. The predicted octanol–water partition coefficient (Wildman–Crippen LogP) is 2.23. The standard InChI is InChI=1S/C20H25FN2O4/c1-27-20(26)17-6-2-3-12-23(17)19(25)15-5-4-11-22(13-15)18(24)14-7-9-16(21)10-8-14/h7-10,15,17H,2-6,11-13H2,1H3. The molecule has 3 rings (SSSR count). The summed E-state index contributed by atoms with van der Waals surface area (Å²) in [4.78, 5) is 41.1. The van der Waals surface area contributed by atoms with Crippen molar-refractivity contribution in [3.8, 4) is 0 Å². The SMILES string of the molecule is COC(=O)C1CCCCN1C(=O)C1CCCN(C(=O)c2ccc(F)cc2)C1. The van der Waals surface area contributed by atoms with E-state index in [-0.39, 0.29) is 23.7 Å². The van der Waals surface area contributed by atoms with Crippen LogP contribution in [-0.4, -0.2) is 60.4 Å². The van der Waals surface area contributed by atoms with E-state index in [9.17, 15) is 18.8 Å². The summed E-state index contributed by atoms with van der Waals surface area (Å²) in [5.41, 5.74) is 0.412. The second-order valence-corrected chi connectivity index (χ2v) is 7.16. The highest BCUT2D eigenvalue weighted by molar-refractivity contribution is 5.95. The van der Waals surface area contributed by atoms with Crippen molar-refractivity contribution in [2.75, 3.05) is 26.7 Å². The number of rotatable bonds is 3. The molecule has 0 spiro atoms. The summed E-state index contributed by atoms with van der Waals surface area (Å²) in [6.45, 7) is 1.43. The van der Waals surface area contributed by atoms with E-state index in [0.717, 1.165) is 19.3 Å². The third-order valence-corrected chi connectivity index (χ3v) is 5.41. The smallest absolute Gasteiger partial charge is 0.328 e. The Labute approximate surface area is 158 Å². The summed E-state index contributed by atoms with van der Waals surface area (Å²) >= 11 is 0. The molecule has 27 heavy (non-hydrogen) atoms. The Hall–Kier alpha value is -2.44. The Morgan fingerprint density at radius 2 is 1.78 bits per heavy atom. The molecule has 7 heteroatoms. The molecule has 2 saturated heterocycles. The Bertz CT molecular complexity index is 706. The average molecular weight is 376 g/mol. The van der Waals surface area contributed by atoms with Gasteiger partial charge in [-0.15, -0.1) is 0 Å². The zero-order chi connectivity index (χ0) is 19.4. The fraction of sp³-hybridized carbons (Fsp3) is 0.550. The lowest BCUT2D eigenvalue weighted by atomic mass is 9.93. The van der Waals surface area contributed by atoms with Gasteiger partial charge in [-0.3, -0.25) is 9.59 Å². The molecular formula is C20H25FN2O4. The molecule has 1 aromatic carbocycles. The van der Waals surface area contributed by atoms with Crippen LogP contribution in [-0.2, 0) is 14.3 Å². The van der Waals surface area contributed by atoms with Gasteiger partial charge in [-0.1, -0.05) is 0 Å². The zero-order valence-electron chi connectivity index (χ0n) is 15.5. The van der Waals surface area contributed by atoms with E-state index in [1.165, 1.54) is 31.4 Å². The minimum absolute atomic E-state index is 0.0818. The summed E-state index contributed by atoms with van der Waals surface area (Å²) in [6.07, 6.45) is 3.79. The lowest BCUT2D eigenvalue weighted by Gasteiger charge is -2.39. The first-order valence-electron chi connectivity index (χ1n) is 9.44. The van der Waals surface area contributed by atoms with Gasteiger partial charge in [0.15, 0.2) is 0 Å². The fourth-order valence-corrected chi connectivity index (χ4v) is 3.95. The second-order valence-electron chi connectivity index (χ2n) is 7.16. The largest absolute Gasteiger partial charge is 0.467 e.